The Bertz CT molecular complexity index is 367. The fourth-order valence-corrected chi connectivity index (χ4v) is 1.87. The molecule has 100 valence electrons. The number of hydrogen-bond acceptors (Lipinski definition) is 3. The second-order valence-corrected chi connectivity index (χ2v) is 4.20. The Kier molecular flexibility index (Phi) is 6.12. The number of rotatable bonds is 3. The number of morpholine rings is 1. The molecular formula is C13H19ClN2O2. The number of carbonyl (C=O) groups excluding carboxylic acids is 1. The molecule has 1 fully saturated rings. The van der Waals surface area contributed by atoms with Crippen molar-refractivity contribution >= 4 is 18.3 Å². The fraction of sp³-hybridized carbons (Fsp3) is 0.462. The standard InChI is InChI=1S/C13H18N2O2.ClH/c1-10(11-5-3-2-4-6-11)15-13(16)12-9-14-7-8-17-12;/h2-6,10,12,14H,7-9H2,1H3,(H,15,16);1H/t10-,12?;/m1./s1. The van der Waals surface area contributed by atoms with Gasteiger partial charge in [0.05, 0.1) is 12.6 Å². The highest BCUT2D eigenvalue weighted by molar-refractivity contribution is 5.85. The molecule has 1 aromatic carbocycles. The third-order valence-electron chi connectivity index (χ3n) is 2.88. The molecule has 0 aromatic heterocycles. The van der Waals surface area contributed by atoms with Gasteiger partial charge in [-0.2, -0.15) is 0 Å². The van der Waals surface area contributed by atoms with Gasteiger partial charge in [-0.3, -0.25) is 4.79 Å². The predicted molar refractivity (Wildman–Crippen MR) is 72.9 cm³/mol. The van der Waals surface area contributed by atoms with Crippen molar-refractivity contribution in [1.82, 2.24) is 10.6 Å². The van der Waals surface area contributed by atoms with E-state index < -0.39 is 0 Å². The second kappa shape index (κ2) is 7.36. The van der Waals surface area contributed by atoms with Gasteiger partial charge in [-0.1, -0.05) is 30.3 Å². The van der Waals surface area contributed by atoms with Crippen LogP contribution in [0.4, 0.5) is 0 Å². The van der Waals surface area contributed by atoms with E-state index in [1.807, 2.05) is 37.3 Å². The summed E-state index contributed by atoms with van der Waals surface area (Å²) in [5.41, 5.74) is 1.10. The summed E-state index contributed by atoms with van der Waals surface area (Å²) in [6.45, 7) is 3.98. The largest absolute Gasteiger partial charge is 0.366 e. The Balaban J connectivity index is 0.00000162. The predicted octanol–water partition coefficient (Wildman–Crippen LogP) is 1.27. The van der Waals surface area contributed by atoms with Gasteiger partial charge < -0.3 is 15.4 Å². The molecule has 0 saturated carbocycles. The number of benzene rings is 1. The van der Waals surface area contributed by atoms with Crippen molar-refractivity contribution < 1.29 is 9.53 Å². The van der Waals surface area contributed by atoms with Gasteiger partial charge in [0.1, 0.15) is 6.10 Å². The zero-order valence-electron chi connectivity index (χ0n) is 10.4. The van der Waals surface area contributed by atoms with Crippen LogP contribution in [-0.2, 0) is 9.53 Å². The molecule has 2 N–H and O–H groups in total. The Morgan fingerprint density at radius 1 is 1.44 bits per heavy atom. The first kappa shape index (κ1) is 15.0. The van der Waals surface area contributed by atoms with E-state index >= 15 is 0 Å². The Labute approximate surface area is 114 Å². The summed E-state index contributed by atoms with van der Waals surface area (Å²) >= 11 is 0. The molecule has 1 unspecified atom stereocenters. The monoisotopic (exact) mass is 270 g/mol. The summed E-state index contributed by atoms with van der Waals surface area (Å²) in [6, 6.07) is 9.92. The second-order valence-electron chi connectivity index (χ2n) is 4.20. The minimum absolute atomic E-state index is 0. The van der Waals surface area contributed by atoms with Crippen LogP contribution in [0.5, 0.6) is 0 Å². The highest BCUT2D eigenvalue weighted by Crippen LogP contribution is 2.11. The van der Waals surface area contributed by atoms with Gasteiger partial charge in [0.25, 0.3) is 5.91 Å². The van der Waals surface area contributed by atoms with Crippen LogP contribution in [0.25, 0.3) is 0 Å². The quantitative estimate of drug-likeness (QED) is 0.870. The first-order chi connectivity index (χ1) is 8.27. The van der Waals surface area contributed by atoms with Crippen molar-refractivity contribution in [2.24, 2.45) is 0 Å². The third kappa shape index (κ3) is 3.98. The van der Waals surface area contributed by atoms with E-state index in [2.05, 4.69) is 10.6 Å². The summed E-state index contributed by atoms with van der Waals surface area (Å²) in [5.74, 6) is -0.0476. The number of amides is 1. The van der Waals surface area contributed by atoms with Crippen molar-refractivity contribution in [3.05, 3.63) is 35.9 Å². The molecule has 2 rings (SSSR count). The van der Waals surface area contributed by atoms with Crippen molar-refractivity contribution in [2.75, 3.05) is 19.7 Å². The Hall–Kier alpha value is -1.10. The zero-order chi connectivity index (χ0) is 12.1. The lowest BCUT2D eigenvalue weighted by Crippen LogP contribution is -2.48. The molecular weight excluding hydrogens is 252 g/mol. The molecule has 1 aliphatic heterocycles. The lowest BCUT2D eigenvalue weighted by Gasteiger charge is -2.24. The number of ether oxygens (including phenoxy) is 1. The van der Waals surface area contributed by atoms with Gasteiger partial charge in [0, 0.05) is 13.1 Å². The molecule has 0 radical (unpaired) electrons. The van der Waals surface area contributed by atoms with Crippen LogP contribution in [0, 0.1) is 0 Å². The Morgan fingerprint density at radius 2 is 2.17 bits per heavy atom. The third-order valence-corrected chi connectivity index (χ3v) is 2.88. The number of hydrogen-bond donors (Lipinski definition) is 2. The maximum Gasteiger partial charge on any atom is 0.250 e. The molecule has 5 heteroatoms. The highest BCUT2D eigenvalue weighted by Gasteiger charge is 2.22. The number of carbonyl (C=O) groups is 1. The minimum atomic E-state index is -0.366. The van der Waals surface area contributed by atoms with E-state index in [0.717, 1.165) is 12.1 Å². The van der Waals surface area contributed by atoms with E-state index in [-0.39, 0.29) is 30.5 Å². The fourth-order valence-electron chi connectivity index (χ4n) is 1.87. The van der Waals surface area contributed by atoms with Gasteiger partial charge in [0.15, 0.2) is 0 Å². The molecule has 1 aliphatic rings. The van der Waals surface area contributed by atoms with Crippen LogP contribution in [0.2, 0.25) is 0 Å². The molecule has 1 heterocycles. The van der Waals surface area contributed by atoms with Gasteiger partial charge in [-0.05, 0) is 12.5 Å². The molecule has 18 heavy (non-hydrogen) atoms. The van der Waals surface area contributed by atoms with Crippen molar-refractivity contribution in [2.45, 2.75) is 19.1 Å². The highest BCUT2D eigenvalue weighted by atomic mass is 35.5. The average Bonchev–Trinajstić information content (AvgIpc) is 2.40. The number of nitrogens with one attached hydrogen (secondary N) is 2. The van der Waals surface area contributed by atoms with Gasteiger partial charge >= 0.3 is 0 Å². The normalized spacial score (nSPS) is 20.6. The molecule has 1 saturated heterocycles. The van der Waals surface area contributed by atoms with E-state index in [4.69, 9.17) is 4.74 Å². The van der Waals surface area contributed by atoms with Crippen LogP contribution < -0.4 is 10.6 Å². The van der Waals surface area contributed by atoms with Crippen LogP contribution in [0.15, 0.2) is 30.3 Å². The lowest BCUT2D eigenvalue weighted by atomic mass is 10.1. The van der Waals surface area contributed by atoms with Crippen molar-refractivity contribution in [3.8, 4) is 0 Å². The molecule has 1 aromatic rings. The number of halogens is 1. The summed E-state index contributed by atoms with van der Waals surface area (Å²) in [7, 11) is 0. The van der Waals surface area contributed by atoms with Crippen molar-refractivity contribution in [1.29, 1.82) is 0 Å². The molecule has 4 nitrogen and oxygen atoms in total. The van der Waals surface area contributed by atoms with E-state index in [1.165, 1.54) is 0 Å². The van der Waals surface area contributed by atoms with Gasteiger partial charge in [-0.15, -0.1) is 12.4 Å². The minimum Gasteiger partial charge on any atom is -0.366 e. The summed E-state index contributed by atoms with van der Waals surface area (Å²) < 4.78 is 5.40. The van der Waals surface area contributed by atoms with Crippen molar-refractivity contribution in [3.63, 3.8) is 0 Å². The first-order valence-corrected chi connectivity index (χ1v) is 5.95. The molecule has 2 atom stereocenters. The zero-order valence-corrected chi connectivity index (χ0v) is 11.2. The summed E-state index contributed by atoms with van der Waals surface area (Å²) in [4.78, 5) is 11.9. The summed E-state index contributed by atoms with van der Waals surface area (Å²) in [5, 5.41) is 6.10. The van der Waals surface area contributed by atoms with E-state index in [9.17, 15) is 4.79 Å². The Morgan fingerprint density at radius 3 is 2.78 bits per heavy atom. The summed E-state index contributed by atoms with van der Waals surface area (Å²) in [6.07, 6.45) is -0.366. The van der Waals surface area contributed by atoms with Crippen LogP contribution in [0.1, 0.15) is 18.5 Å². The molecule has 0 bridgehead atoms. The van der Waals surface area contributed by atoms with Crippen LogP contribution in [-0.4, -0.2) is 31.7 Å². The molecule has 0 spiro atoms. The van der Waals surface area contributed by atoms with E-state index in [1.54, 1.807) is 0 Å². The molecule has 1 amide bonds. The van der Waals surface area contributed by atoms with Gasteiger partial charge in [0.2, 0.25) is 0 Å². The van der Waals surface area contributed by atoms with E-state index in [0.29, 0.717) is 13.2 Å². The smallest absolute Gasteiger partial charge is 0.250 e. The topological polar surface area (TPSA) is 50.4 Å². The average molecular weight is 271 g/mol. The van der Waals surface area contributed by atoms with Crippen LogP contribution in [0.3, 0.4) is 0 Å². The SMILES string of the molecule is C[C@@H](NC(=O)C1CNCCO1)c1ccccc1.Cl. The van der Waals surface area contributed by atoms with Crippen LogP contribution >= 0.6 is 12.4 Å². The van der Waals surface area contributed by atoms with Gasteiger partial charge in [-0.25, -0.2) is 0 Å². The maximum absolute atomic E-state index is 11.9. The molecule has 0 aliphatic carbocycles. The lowest BCUT2D eigenvalue weighted by molar-refractivity contribution is -0.134. The first-order valence-electron chi connectivity index (χ1n) is 5.95. The maximum atomic E-state index is 11.9.